The lowest BCUT2D eigenvalue weighted by Crippen LogP contribution is -2.41. The molecular weight excluding hydrogens is 641 g/mol. The number of benzene rings is 6. The number of para-hydroxylation sites is 2. The summed E-state index contributed by atoms with van der Waals surface area (Å²) in [4.78, 5) is 29.3. The number of unbranched alkanes of at least 4 members (excludes halogenated alkanes) is 5. The van der Waals surface area contributed by atoms with Gasteiger partial charge in [-0.15, -0.1) is 0 Å². The highest BCUT2D eigenvalue weighted by molar-refractivity contribution is 6.26. The Balaban J connectivity index is 1.12. The van der Waals surface area contributed by atoms with Gasteiger partial charge in [-0.1, -0.05) is 136 Å². The number of imide groups is 1. The van der Waals surface area contributed by atoms with Crippen molar-refractivity contribution in [3.8, 4) is 11.4 Å². The van der Waals surface area contributed by atoms with E-state index in [-0.39, 0.29) is 11.8 Å². The number of carbonyl (C=O) groups is 2. The van der Waals surface area contributed by atoms with E-state index in [2.05, 4.69) is 109 Å². The third-order valence-electron chi connectivity index (χ3n) is 10.9. The molecule has 256 valence electrons. The van der Waals surface area contributed by atoms with E-state index in [4.69, 9.17) is 4.74 Å². The van der Waals surface area contributed by atoms with Gasteiger partial charge in [0.25, 0.3) is 11.8 Å². The Labute approximate surface area is 303 Å². The van der Waals surface area contributed by atoms with Gasteiger partial charge < -0.3 is 9.30 Å². The van der Waals surface area contributed by atoms with Crippen LogP contribution in [0.2, 0.25) is 0 Å². The molecule has 3 heterocycles. The Morgan fingerprint density at radius 1 is 0.596 bits per heavy atom. The lowest BCUT2D eigenvalue weighted by Gasteiger charge is -2.37. The van der Waals surface area contributed by atoms with Crippen LogP contribution >= 0.6 is 0 Å². The molecule has 2 amide bonds. The Morgan fingerprint density at radius 3 is 1.94 bits per heavy atom. The van der Waals surface area contributed by atoms with Crippen LogP contribution in [-0.4, -0.2) is 27.8 Å². The van der Waals surface area contributed by atoms with Crippen molar-refractivity contribution >= 4 is 50.5 Å². The number of amides is 2. The third-order valence-corrected chi connectivity index (χ3v) is 10.9. The van der Waals surface area contributed by atoms with E-state index in [0.29, 0.717) is 28.8 Å². The molecule has 1 atom stereocenters. The minimum atomic E-state index is -0.944. The normalized spacial score (nSPS) is 16.5. The van der Waals surface area contributed by atoms with Crippen molar-refractivity contribution in [3.63, 3.8) is 0 Å². The lowest BCUT2D eigenvalue weighted by molar-refractivity contribution is 0.0607. The molecule has 0 radical (unpaired) electrons. The van der Waals surface area contributed by atoms with Crippen molar-refractivity contribution in [2.45, 2.75) is 51.0 Å². The van der Waals surface area contributed by atoms with Gasteiger partial charge in [0.05, 0.1) is 11.0 Å². The Hall–Kier alpha value is -5.94. The van der Waals surface area contributed by atoms with Crippen molar-refractivity contribution in [2.24, 2.45) is 0 Å². The highest BCUT2D eigenvalue weighted by Crippen LogP contribution is 2.47. The first-order valence-corrected chi connectivity index (χ1v) is 18.6. The predicted molar refractivity (Wildman–Crippen MR) is 210 cm³/mol. The number of ether oxygens (including phenoxy) is 1. The molecule has 52 heavy (non-hydrogen) atoms. The monoisotopic (exact) mass is 680 g/mol. The van der Waals surface area contributed by atoms with Gasteiger partial charge in [0.1, 0.15) is 5.75 Å². The fourth-order valence-corrected chi connectivity index (χ4v) is 8.33. The van der Waals surface area contributed by atoms with Crippen LogP contribution in [0.5, 0.6) is 5.75 Å². The second-order valence-corrected chi connectivity index (χ2v) is 14.1. The topological polar surface area (TPSA) is 51.5 Å². The van der Waals surface area contributed by atoms with Crippen molar-refractivity contribution in [1.82, 2.24) is 9.47 Å². The van der Waals surface area contributed by atoms with Gasteiger partial charge in [-0.2, -0.15) is 0 Å². The number of hydrogen-bond acceptors (Lipinski definition) is 3. The largest absolute Gasteiger partial charge is 0.472 e. The zero-order valence-electron chi connectivity index (χ0n) is 29.3. The fourth-order valence-electron chi connectivity index (χ4n) is 8.33. The van der Waals surface area contributed by atoms with Crippen LogP contribution in [0.3, 0.4) is 0 Å². The number of nitrogens with zero attached hydrogens (tertiary/aromatic N) is 2. The van der Waals surface area contributed by atoms with E-state index < -0.39 is 5.60 Å². The second kappa shape index (κ2) is 13.0. The van der Waals surface area contributed by atoms with E-state index in [9.17, 15) is 9.59 Å². The predicted octanol–water partition coefficient (Wildman–Crippen LogP) is 11.2. The molecule has 0 fully saturated rings. The number of hydrogen-bond donors (Lipinski definition) is 0. The smallest absolute Gasteiger partial charge is 0.261 e. The molecule has 0 saturated carbocycles. The van der Waals surface area contributed by atoms with Gasteiger partial charge in [0, 0.05) is 61.6 Å². The molecule has 0 aliphatic carbocycles. The molecule has 2 aliphatic heterocycles. The summed E-state index contributed by atoms with van der Waals surface area (Å²) in [6.45, 7) is 2.64. The van der Waals surface area contributed by atoms with Crippen molar-refractivity contribution in [1.29, 1.82) is 0 Å². The first kappa shape index (κ1) is 32.0. The molecule has 0 spiro atoms. The van der Waals surface area contributed by atoms with Gasteiger partial charge in [-0.05, 0) is 48.9 Å². The summed E-state index contributed by atoms with van der Waals surface area (Å²) in [5.74, 6) is 0.223. The number of rotatable bonds is 10. The fraction of sp³-hybridized carbons (Fsp3) is 0.191. The first-order chi connectivity index (χ1) is 25.6. The first-order valence-electron chi connectivity index (χ1n) is 18.6. The van der Waals surface area contributed by atoms with Gasteiger partial charge >= 0.3 is 0 Å². The van der Waals surface area contributed by atoms with E-state index in [1.807, 2.05) is 42.5 Å². The highest BCUT2D eigenvalue weighted by Gasteiger charge is 2.40. The maximum Gasteiger partial charge on any atom is 0.261 e. The summed E-state index contributed by atoms with van der Waals surface area (Å²) < 4.78 is 9.55. The quantitative estimate of drug-likeness (QED) is 0.107. The zero-order valence-corrected chi connectivity index (χ0v) is 29.3. The zero-order chi connectivity index (χ0) is 35.2. The maximum atomic E-state index is 14.0. The van der Waals surface area contributed by atoms with Gasteiger partial charge in [0.2, 0.25) is 0 Å². The van der Waals surface area contributed by atoms with Crippen LogP contribution in [-0.2, 0) is 5.60 Å². The summed E-state index contributed by atoms with van der Waals surface area (Å²) >= 11 is 0. The highest BCUT2D eigenvalue weighted by atomic mass is 16.5. The molecule has 1 aromatic heterocycles. The molecule has 6 aromatic carbocycles. The molecule has 5 heteroatoms. The standard InChI is InChI=1S/C47H40N2O3/c1-2-3-4-5-6-14-30-48-45(50)39-21-15-20-38-43(39)40(46(48)51)31-32-28-29-47(52-44(32)38,33-16-8-7-9-17-33)34-24-26-35(27-25-34)49-41-22-12-10-18-36(41)37-19-11-13-23-42(37)49/h7-13,15-29,31H,2-6,14,30H2,1H3. The lowest BCUT2D eigenvalue weighted by atomic mass is 9.82. The van der Waals surface area contributed by atoms with Gasteiger partial charge in [0.15, 0.2) is 5.60 Å². The molecule has 2 aliphatic rings. The summed E-state index contributed by atoms with van der Waals surface area (Å²) in [6, 6.07) is 43.6. The van der Waals surface area contributed by atoms with Gasteiger partial charge in [-0.3, -0.25) is 14.5 Å². The van der Waals surface area contributed by atoms with Crippen LogP contribution in [0.15, 0.2) is 133 Å². The van der Waals surface area contributed by atoms with Gasteiger partial charge in [-0.25, -0.2) is 0 Å². The molecule has 5 nitrogen and oxygen atoms in total. The van der Waals surface area contributed by atoms with Crippen LogP contribution in [0.25, 0.3) is 44.3 Å². The molecule has 0 N–H and O–H groups in total. The Morgan fingerprint density at radius 2 is 1.21 bits per heavy atom. The Bertz CT molecular complexity index is 2480. The summed E-state index contributed by atoms with van der Waals surface area (Å²) in [6.07, 6.45) is 10.7. The third kappa shape index (κ3) is 5.06. The van der Waals surface area contributed by atoms with E-state index in [0.717, 1.165) is 58.1 Å². The average Bonchev–Trinajstić information content (AvgIpc) is 3.54. The molecule has 0 saturated heterocycles. The SMILES string of the molecule is CCCCCCCCN1C(=O)c2cccc3c4c(cc(c23)C1=O)C=CC(c1ccccc1)(c1ccc(-n2c3ccccc3c3ccccc32)cc1)O4. The summed E-state index contributed by atoms with van der Waals surface area (Å²) in [7, 11) is 0. The number of fused-ring (bicyclic) bond motifs is 5. The van der Waals surface area contributed by atoms with Crippen LogP contribution < -0.4 is 4.74 Å². The van der Waals surface area contributed by atoms with E-state index in [1.54, 1.807) is 0 Å². The minimum Gasteiger partial charge on any atom is -0.472 e. The number of aromatic nitrogens is 1. The van der Waals surface area contributed by atoms with E-state index in [1.165, 1.54) is 34.9 Å². The Kier molecular flexibility index (Phi) is 7.99. The molecular formula is C47H40N2O3. The molecule has 7 aromatic rings. The van der Waals surface area contributed by atoms with Crippen molar-refractivity contribution < 1.29 is 14.3 Å². The average molecular weight is 681 g/mol. The molecule has 0 bridgehead atoms. The summed E-state index contributed by atoms with van der Waals surface area (Å²) in [5.41, 5.74) is 6.34. The second-order valence-electron chi connectivity index (χ2n) is 14.1. The molecule has 9 rings (SSSR count). The van der Waals surface area contributed by atoms with Crippen LogP contribution in [0.1, 0.15) is 82.9 Å². The number of carbonyl (C=O) groups excluding carboxylic acids is 2. The minimum absolute atomic E-state index is 0.223. The molecule has 1 unspecified atom stereocenters. The van der Waals surface area contributed by atoms with Crippen LogP contribution in [0.4, 0.5) is 0 Å². The van der Waals surface area contributed by atoms with E-state index >= 15 is 0 Å². The maximum absolute atomic E-state index is 14.0. The van der Waals surface area contributed by atoms with Crippen LogP contribution in [0, 0.1) is 0 Å². The van der Waals surface area contributed by atoms with Crippen molar-refractivity contribution in [2.75, 3.05) is 6.54 Å². The van der Waals surface area contributed by atoms with Crippen molar-refractivity contribution in [3.05, 3.63) is 161 Å². The summed E-state index contributed by atoms with van der Waals surface area (Å²) in [5, 5.41) is 3.89.